The lowest BCUT2D eigenvalue weighted by molar-refractivity contribution is 0.668. The van der Waals surface area contributed by atoms with Crippen LogP contribution in [0.3, 0.4) is 0 Å². The van der Waals surface area contributed by atoms with Gasteiger partial charge >= 0.3 is 0 Å². The number of nitrogens with zero attached hydrogens (tertiary/aromatic N) is 1. The highest BCUT2D eigenvalue weighted by Crippen LogP contribution is 2.38. The molecule has 30 heavy (non-hydrogen) atoms. The molecule has 0 aliphatic heterocycles. The number of aryl methyl sites for hydroxylation is 1. The molecule has 142 valence electrons. The molecule has 0 N–H and O–H groups in total. The third kappa shape index (κ3) is 2.03. The van der Waals surface area contributed by atoms with E-state index in [9.17, 15) is 0 Å². The number of rotatable bonds is 1. The Morgan fingerprint density at radius 2 is 1.67 bits per heavy atom. The third-order valence-corrected chi connectivity index (χ3v) is 6.52. The van der Waals surface area contributed by atoms with Gasteiger partial charge in [0.1, 0.15) is 11.2 Å². The third-order valence-electron chi connectivity index (χ3n) is 6.52. The highest BCUT2D eigenvalue weighted by molar-refractivity contribution is 6.08. The van der Waals surface area contributed by atoms with Gasteiger partial charge in [-0.3, -0.25) is 0 Å². The van der Waals surface area contributed by atoms with Crippen molar-refractivity contribution in [3.8, 4) is 5.69 Å². The second-order valence-corrected chi connectivity index (χ2v) is 8.25. The van der Waals surface area contributed by atoms with Crippen LogP contribution in [0.4, 0.5) is 0 Å². The van der Waals surface area contributed by atoms with Crippen LogP contribution in [0, 0.1) is 6.92 Å². The van der Waals surface area contributed by atoms with Crippen molar-refractivity contribution in [2.24, 2.45) is 0 Å². The summed E-state index contributed by atoms with van der Waals surface area (Å²) < 4.78 is 8.56. The Balaban J connectivity index is 1.59. The van der Waals surface area contributed by atoms with Crippen LogP contribution < -0.4 is 0 Å². The second kappa shape index (κ2) is 5.64. The molecule has 4 aromatic carbocycles. The lowest BCUT2D eigenvalue weighted by Crippen LogP contribution is -1.98. The van der Waals surface area contributed by atoms with Gasteiger partial charge in [-0.15, -0.1) is 0 Å². The Hall–Kier alpha value is -3.78. The minimum absolute atomic E-state index is 0.944. The van der Waals surface area contributed by atoms with Gasteiger partial charge in [0, 0.05) is 39.5 Å². The summed E-state index contributed by atoms with van der Waals surface area (Å²) in [5.74, 6) is 0. The number of hydrogen-bond acceptors (Lipinski definition) is 1. The number of furan rings is 1. The molecule has 0 saturated carbocycles. The molecular weight excluding hydrogens is 366 g/mol. The molecule has 2 heterocycles. The van der Waals surface area contributed by atoms with Gasteiger partial charge in [-0.25, -0.2) is 0 Å². The standard InChI is InChI=1S/C28H19NO/c1-17-6-4-11-27-28(17)23-16-20(12-13-26(23)30-27)29-24-10-5-9-21(24)22-14-18-7-2-3-8-19(18)15-25(22)29/h2-9,11-16H,10H2,1H3. The quantitative estimate of drug-likeness (QED) is 0.285. The molecule has 0 atom stereocenters. The number of aromatic nitrogens is 1. The smallest absolute Gasteiger partial charge is 0.135 e. The van der Waals surface area contributed by atoms with Gasteiger partial charge in [0.25, 0.3) is 0 Å². The van der Waals surface area contributed by atoms with Crippen LogP contribution in [0.25, 0.3) is 55.4 Å². The van der Waals surface area contributed by atoms with E-state index in [1.807, 2.05) is 0 Å². The predicted octanol–water partition coefficient (Wildman–Crippen LogP) is 7.56. The molecule has 0 bridgehead atoms. The average Bonchev–Trinajstić information content (AvgIpc) is 3.44. The van der Waals surface area contributed by atoms with Gasteiger partial charge in [0.05, 0.1) is 5.52 Å². The fourth-order valence-electron chi connectivity index (χ4n) is 5.15. The Morgan fingerprint density at radius 1 is 0.800 bits per heavy atom. The van der Waals surface area contributed by atoms with Gasteiger partial charge in [-0.05, 0) is 59.7 Å². The molecule has 2 aromatic heterocycles. The van der Waals surface area contributed by atoms with Crippen LogP contribution in [0.1, 0.15) is 16.8 Å². The summed E-state index contributed by atoms with van der Waals surface area (Å²) in [6.07, 6.45) is 5.51. The highest BCUT2D eigenvalue weighted by atomic mass is 16.3. The Morgan fingerprint density at radius 3 is 2.57 bits per heavy atom. The summed E-state index contributed by atoms with van der Waals surface area (Å²) in [6.45, 7) is 2.16. The number of fused-ring (bicyclic) bond motifs is 7. The molecule has 0 radical (unpaired) electrons. The molecule has 0 fully saturated rings. The Kier molecular flexibility index (Phi) is 3.02. The Bertz CT molecular complexity index is 1680. The number of benzene rings is 4. The molecule has 0 spiro atoms. The first-order valence-electron chi connectivity index (χ1n) is 10.4. The highest BCUT2D eigenvalue weighted by Gasteiger charge is 2.20. The summed E-state index contributed by atoms with van der Waals surface area (Å²) in [6, 6.07) is 26.2. The molecule has 2 heteroatoms. The van der Waals surface area contributed by atoms with Crippen molar-refractivity contribution in [3.05, 3.63) is 95.7 Å². The molecular formula is C28H19NO. The zero-order valence-corrected chi connectivity index (χ0v) is 16.6. The summed E-state index contributed by atoms with van der Waals surface area (Å²) in [5.41, 5.74) is 8.33. The average molecular weight is 385 g/mol. The van der Waals surface area contributed by atoms with Crippen LogP contribution in [0.15, 0.2) is 83.3 Å². The number of allylic oxidation sites excluding steroid dienone is 1. The van der Waals surface area contributed by atoms with Gasteiger partial charge in [0.2, 0.25) is 0 Å². The van der Waals surface area contributed by atoms with Crippen molar-refractivity contribution in [2.75, 3.05) is 0 Å². The normalized spacial score (nSPS) is 13.2. The zero-order valence-electron chi connectivity index (χ0n) is 16.6. The van der Waals surface area contributed by atoms with Crippen molar-refractivity contribution in [1.29, 1.82) is 0 Å². The lowest BCUT2D eigenvalue weighted by atomic mass is 10.1. The van der Waals surface area contributed by atoms with E-state index in [0.29, 0.717) is 0 Å². The summed E-state index contributed by atoms with van der Waals surface area (Å²) in [4.78, 5) is 0. The van der Waals surface area contributed by atoms with Crippen LogP contribution in [-0.4, -0.2) is 4.57 Å². The lowest BCUT2D eigenvalue weighted by Gasteiger charge is -2.10. The van der Waals surface area contributed by atoms with E-state index in [2.05, 4.69) is 96.4 Å². The van der Waals surface area contributed by atoms with E-state index in [-0.39, 0.29) is 0 Å². The fourth-order valence-corrected chi connectivity index (χ4v) is 5.15. The van der Waals surface area contributed by atoms with Gasteiger partial charge in [-0.1, -0.05) is 48.6 Å². The van der Waals surface area contributed by atoms with Crippen LogP contribution in [0.2, 0.25) is 0 Å². The molecule has 1 aliphatic rings. The largest absolute Gasteiger partial charge is 0.456 e. The predicted molar refractivity (Wildman–Crippen MR) is 126 cm³/mol. The van der Waals surface area contributed by atoms with E-state index in [0.717, 1.165) is 17.6 Å². The molecule has 2 nitrogen and oxygen atoms in total. The second-order valence-electron chi connectivity index (χ2n) is 8.25. The molecule has 6 aromatic rings. The zero-order chi connectivity index (χ0) is 19.8. The van der Waals surface area contributed by atoms with E-state index < -0.39 is 0 Å². The molecule has 1 aliphatic carbocycles. The summed E-state index contributed by atoms with van der Waals surface area (Å²) >= 11 is 0. The number of hydrogen-bond donors (Lipinski definition) is 0. The minimum Gasteiger partial charge on any atom is -0.456 e. The molecule has 7 rings (SSSR count). The van der Waals surface area contributed by atoms with E-state index in [4.69, 9.17) is 4.42 Å². The molecule has 0 saturated heterocycles. The first kappa shape index (κ1) is 16.1. The fraction of sp³-hybridized carbons (Fsp3) is 0.0714. The van der Waals surface area contributed by atoms with Crippen molar-refractivity contribution in [3.63, 3.8) is 0 Å². The SMILES string of the molecule is Cc1cccc2oc3ccc(-n4c5c(c6cc7ccccc7cc64)C=CC5)cc3c12. The minimum atomic E-state index is 0.944. The van der Waals surface area contributed by atoms with Crippen molar-refractivity contribution in [2.45, 2.75) is 13.3 Å². The van der Waals surface area contributed by atoms with Crippen LogP contribution in [-0.2, 0) is 6.42 Å². The molecule has 0 amide bonds. The Labute approximate surface area is 173 Å². The van der Waals surface area contributed by atoms with Gasteiger partial charge < -0.3 is 8.98 Å². The first-order valence-corrected chi connectivity index (χ1v) is 10.4. The van der Waals surface area contributed by atoms with E-state index in [1.54, 1.807) is 0 Å². The van der Waals surface area contributed by atoms with Crippen LogP contribution >= 0.6 is 0 Å². The maximum Gasteiger partial charge on any atom is 0.135 e. The van der Waals surface area contributed by atoms with Gasteiger partial charge in [0.15, 0.2) is 0 Å². The van der Waals surface area contributed by atoms with Crippen LogP contribution in [0.5, 0.6) is 0 Å². The van der Waals surface area contributed by atoms with E-state index in [1.165, 1.54) is 55.0 Å². The maximum atomic E-state index is 6.12. The summed E-state index contributed by atoms with van der Waals surface area (Å²) in [5, 5.41) is 6.29. The van der Waals surface area contributed by atoms with Gasteiger partial charge in [-0.2, -0.15) is 0 Å². The van der Waals surface area contributed by atoms with Crippen molar-refractivity contribution >= 4 is 49.7 Å². The first-order chi connectivity index (χ1) is 14.8. The van der Waals surface area contributed by atoms with Crippen molar-refractivity contribution < 1.29 is 4.42 Å². The molecule has 0 unspecified atom stereocenters. The monoisotopic (exact) mass is 385 g/mol. The van der Waals surface area contributed by atoms with Crippen molar-refractivity contribution in [1.82, 2.24) is 4.57 Å². The summed E-state index contributed by atoms with van der Waals surface area (Å²) in [7, 11) is 0. The van der Waals surface area contributed by atoms with E-state index >= 15 is 0 Å². The maximum absolute atomic E-state index is 6.12. The topological polar surface area (TPSA) is 18.1 Å².